The third-order valence-corrected chi connectivity index (χ3v) is 4.59. The van der Waals surface area contributed by atoms with E-state index in [1.807, 2.05) is 30.3 Å². The standard InChI is InChI=1S/C19H20BrNO2/c1-2-15-11-17(20)12-16-9-6-10-21(18(15)16)19(22)23-13-14-7-4-3-5-8-14/h3-5,7-8,11-12H,2,6,9-10,13H2,1H3. The van der Waals surface area contributed by atoms with Gasteiger partial charge in [-0.1, -0.05) is 53.2 Å². The molecule has 3 nitrogen and oxygen atoms in total. The summed E-state index contributed by atoms with van der Waals surface area (Å²) < 4.78 is 6.61. The summed E-state index contributed by atoms with van der Waals surface area (Å²) in [7, 11) is 0. The number of halogens is 1. The molecule has 0 atom stereocenters. The molecule has 0 N–H and O–H groups in total. The van der Waals surface area contributed by atoms with Crippen LogP contribution in [0.15, 0.2) is 46.9 Å². The fourth-order valence-corrected chi connectivity index (χ4v) is 3.60. The zero-order valence-electron chi connectivity index (χ0n) is 13.2. The van der Waals surface area contributed by atoms with E-state index in [4.69, 9.17) is 4.74 Å². The Morgan fingerprint density at radius 2 is 2.04 bits per heavy atom. The van der Waals surface area contributed by atoms with Crippen molar-refractivity contribution in [3.8, 4) is 0 Å². The number of nitrogens with zero attached hydrogens (tertiary/aromatic N) is 1. The minimum Gasteiger partial charge on any atom is -0.444 e. The summed E-state index contributed by atoms with van der Waals surface area (Å²) in [4.78, 5) is 14.4. The molecule has 0 bridgehead atoms. The van der Waals surface area contributed by atoms with Crippen LogP contribution in [0, 0.1) is 0 Å². The number of hydrogen-bond acceptors (Lipinski definition) is 2. The van der Waals surface area contributed by atoms with Gasteiger partial charge >= 0.3 is 6.09 Å². The highest BCUT2D eigenvalue weighted by Crippen LogP contribution is 2.34. The SMILES string of the molecule is CCc1cc(Br)cc2c1N(C(=O)OCc1ccccc1)CCC2. The van der Waals surface area contributed by atoms with Crippen LogP contribution in [0.25, 0.3) is 0 Å². The second kappa shape index (κ2) is 7.18. The first-order valence-corrected chi connectivity index (χ1v) is 8.78. The van der Waals surface area contributed by atoms with Crippen molar-refractivity contribution in [1.29, 1.82) is 0 Å². The quantitative estimate of drug-likeness (QED) is 0.748. The zero-order valence-corrected chi connectivity index (χ0v) is 14.8. The van der Waals surface area contributed by atoms with Crippen LogP contribution >= 0.6 is 15.9 Å². The number of fused-ring (bicyclic) bond motifs is 1. The second-order valence-electron chi connectivity index (χ2n) is 5.72. The van der Waals surface area contributed by atoms with Gasteiger partial charge in [-0.2, -0.15) is 0 Å². The molecule has 1 amide bonds. The summed E-state index contributed by atoms with van der Waals surface area (Å²) in [6.45, 7) is 3.14. The molecule has 1 heterocycles. The van der Waals surface area contributed by atoms with Crippen molar-refractivity contribution in [3.63, 3.8) is 0 Å². The summed E-state index contributed by atoms with van der Waals surface area (Å²) in [6.07, 6.45) is 2.61. The van der Waals surface area contributed by atoms with Crippen LogP contribution in [-0.4, -0.2) is 12.6 Å². The van der Waals surface area contributed by atoms with Crippen LogP contribution in [0.1, 0.15) is 30.0 Å². The lowest BCUT2D eigenvalue weighted by Gasteiger charge is -2.31. The third-order valence-electron chi connectivity index (χ3n) is 4.14. The monoisotopic (exact) mass is 373 g/mol. The number of anilines is 1. The van der Waals surface area contributed by atoms with Crippen LogP contribution in [0.2, 0.25) is 0 Å². The number of aryl methyl sites for hydroxylation is 2. The first kappa shape index (κ1) is 16.1. The third kappa shape index (κ3) is 3.58. The van der Waals surface area contributed by atoms with E-state index in [1.165, 1.54) is 11.1 Å². The lowest BCUT2D eigenvalue weighted by atomic mass is 9.97. The van der Waals surface area contributed by atoms with Crippen LogP contribution in [-0.2, 0) is 24.2 Å². The van der Waals surface area contributed by atoms with Crippen LogP contribution in [0.5, 0.6) is 0 Å². The zero-order chi connectivity index (χ0) is 16.2. The largest absolute Gasteiger partial charge is 0.444 e. The molecule has 0 fully saturated rings. The maximum Gasteiger partial charge on any atom is 0.414 e. The molecular weight excluding hydrogens is 354 g/mol. The Morgan fingerprint density at radius 1 is 1.26 bits per heavy atom. The molecular formula is C19H20BrNO2. The Labute approximate surface area is 145 Å². The predicted octanol–water partition coefficient (Wildman–Crippen LogP) is 5.10. The first-order chi connectivity index (χ1) is 11.2. The summed E-state index contributed by atoms with van der Waals surface area (Å²) in [5, 5.41) is 0. The molecule has 23 heavy (non-hydrogen) atoms. The van der Waals surface area contributed by atoms with Crippen molar-refractivity contribution in [2.75, 3.05) is 11.4 Å². The number of benzene rings is 2. The van der Waals surface area contributed by atoms with E-state index in [2.05, 4.69) is 35.0 Å². The minimum absolute atomic E-state index is 0.258. The fraction of sp³-hybridized carbons (Fsp3) is 0.316. The van der Waals surface area contributed by atoms with Gasteiger partial charge in [0.2, 0.25) is 0 Å². The Bertz CT molecular complexity index is 683. The van der Waals surface area contributed by atoms with Gasteiger partial charge in [0.25, 0.3) is 0 Å². The summed E-state index contributed by atoms with van der Waals surface area (Å²) >= 11 is 3.57. The van der Waals surface area contributed by atoms with Gasteiger partial charge in [0.1, 0.15) is 6.61 Å². The van der Waals surface area contributed by atoms with Gasteiger partial charge < -0.3 is 4.74 Å². The fourth-order valence-electron chi connectivity index (χ4n) is 3.04. The average molecular weight is 374 g/mol. The molecule has 1 aliphatic heterocycles. The van der Waals surface area contributed by atoms with Gasteiger partial charge in [0.05, 0.1) is 5.69 Å². The van der Waals surface area contributed by atoms with Gasteiger partial charge in [-0.05, 0) is 48.1 Å². The molecule has 1 aliphatic rings. The van der Waals surface area contributed by atoms with Gasteiger partial charge in [-0.15, -0.1) is 0 Å². The van der Waals surface area contributed by atoms with Crippen molar-refractivity contribution < 1.29 is 9.53 Å². The second-order valence-corrected chi connectivity index (χ2v) is 6.64. The molecule has 2 aromatic rings. The van der Waals surface area contributed by atoms with Gasteiger partial charge in [0, 0.05) is 11.0 Å². The van der Waals surface area contributed by atoms with E-state index in [1.54, 1.807) is 4.90 Å². The van der Waals surface area contributed by atoms with E-state index in [-0.39, 0.29) is 6.09 Å². The highest BCUT2D eigenvalue weighted by atomic mass is 79.9. The predicted molar refractivity (Wildman–Crippen MR) is 95.8 cm³/mol. The maximum absolute atomic E-state index is 12.6. The first-order valence-electron chi connectivity index (χ1n) is 7.98. The van der Waals surface area contributed by atoms with Gasteiger partial charge in [-0.25, -0.2) is 4.79 Å². The van der Waals surface area contributed by atoms with Gasteiger partial charge in [-0.3, -0.25) is 4.90 Å². The van der Waals surface area contributed by atoms with Gasteiger partial charge in [0.15, 0.2) is 0 Å². The average Bonchev–Trinajstić information content (AvgIpc) is 2.59. The van der Waals surface area contributed by atoms with Crippen LogP contribution < -0.4 is 4.90 Å². The van der Waals surface area contributed by atoms with Crippen LogP contribution in [0.4, 0.5) is 10.5 Å². The Hall–Kier alpha value is -1.81. The molecule has 120 valence electrons. The van der Waals surface area contributed by atoms with Crippen molar-refractivity contribution in [2.45, 2.75) is 32.8 Å². The van der Waals surface area contributed by atoms with Crippen molar-refractivity contribution >= 4 is 27.7 Å². The normalized spacial score (nSPS) is 13.6. The van der Waals surface area contributed by atoms with Crippen molar-refractivity contribution in [3.05, 3.63) is 63.6 Å². The number of amides is 1. The Balaban J connectivity index is 1.80. The molecule has 4 heteroatoms. The molecule has 0 spiro atoms. The van der Waals surface area contributed by atoms with E-state index >= 15 is 0 Å². The van der Waals surface area contributed by atoms with E-state index in [9.17, 15) is 4.79 Å². The number of rotatable bonds is 3. The molecule has 0 saturated carbocycles. The Kier molecular flexibility index (Phi) is 5.01. The lowest BCUT2D eigenvalue weighted by Crippen LogP contribution is -2.36. The molecule has 2 aromatic carbocycles. The summed E-state index contributed by atoms with van der Waals surface area (Å²) in [5.74, 6) is 0. The molecule has 0 saturated heterocycles. The molecule has 0 radical (unpaired) electrons. The number of carbonyl (C=O) groups excluding carboxylic acids is 1. The highest BCUT2D eigenvalue weighted by molar-refractivity contribution is 9.10. The van der Waals surface area contributed by atoms with Crippen molar-refractivity contribution in [1.82, 2.24) is 0 Å². The molecule has 0 aliphatic carbocycles. The van der Waals surface area contributed by atoms with E-state index in [0.717, 1.165) is 41.5 Å². The highest BCUT2D eigenvalue weighted by Gasteiger charge is 2.26. The lowest BCUT2D eigenvalue weighted by molar-refractivity contribution is 0.146. The molecule has 3 rings (SSSR count). The number of carbonyl (C=O) groups is 1. The number of hydrogen-bond donors (Lipinski definition) is 0. The van der Waals surface area contributed by atoms with Crippen molar-refractivity contribution in [2.24, 2.45) is 0 Å². The molecule has 0 aromatic heterocycles. The maximum atomic E-state index is 12.6. The van der Waals surface area contributed by atoms with E-state index in [0.29, 0.717) is 6.61 Å². The van der Waals surface area contributed by atoms with Crippen LogP contribution in [0.3, 0.4) is 0 Å². The topological polar surface area (TPSA) is 29.5 Å². The summed E-state index contributed by atoms with van der Waals surface area (Å²) in [5.41, 5.74) is 4.45. The smallest absolute Gasteiger partial charge is 0.414 e. The summed E-state index contributed by atoms with van der Waals surface area (Å²) in [6, 6.07) is 14.0. The van der Waals surface area contributed by atoms with E-state index < -0.39 is 0 Å². The molecule has 0 unspecified atom stereocenters. The minimum atomic E-state index is -0.258. The number of ether oxygens (including phenoxy) is 1. The Morgan fingerprint density at radius 3 is 2.78 bits per heavy atom.